The number of ether oxygens (including phenoxy) is 1. The van der Waals surface area contributed by atoms with E-state index in [-0.39, 0.29) is 5.75 Å². The first-order valence-electron chi connectivity index (χ1n) is 6.60. The molecule has 0 radical (unpaired) electrons. The van der Waals surface area contributed by atoms with Crippen molar-refractivity contribution in [2.24, 2.45) is 0 Å². The van der Waals surface area contributed by atoms with Gasteiger partial charge in [0.2, 0.25) is 0 Å². The molecule has 1 aromatic rings. The smallest absolute Gasteiger partial charge is 0.147 e. The molecule has 0 fully saturated rings. The van der Waals surface area contributed by atoms with Crippen LogP contribution in [0.2, 0.25) is 0 Å². The van der Waals surface area contributed by atoms with Crippen molar-refractivity contribution in [3.8, 4) is 5.75 Å². The van der Waals surface area contributed by atoms with Gasteiger partial charge in [-0.15, -0.1) is 0 Å². The summed E-state index contributed by atoms with van der Waals surface area (Å²) in [5.74, 6) is 0.957. The predicted molar refractivity (Wildman–Crippen MR) is 85.9 cm³/mol. The molecule has 20 heavy (non-hydrogen) atoms. The Kier molecular flexibility index (Phi) is 6.99. The van der Waals surface area contributed by atoms with Crippen LogP contribution >= 0.6 is 15.9 Å². The van der Waals surface area contributed by atoms with Gasteiger partial charge in [-0.1, -0.05) is 29.8 Å². The lowest BCUT2D eigenvalue weighted by Crippen LogP contribution is -2.22. The molecule has 0 unspecified atom stereocenters. The van der Waals surface area contributed by atoms with Crippen LogP contribution in [0.5, 0.6) is 5.75 Å². The minimum atomic E-state index is -2.92. The summed E-state index contributed by atoms with van der Waals surface area (Å²) in [6.45, 7) is 5.30. The van der Waals surface area contributed by atoms with E-state index in [1.165, 1.54) is 6.26 Å². The van der Waals surface area contributed by atoms with Gasteiger partial charge < -0.3 is 10.1 Å². The van der Waals surface area contributed by atoms with Gasteiger partial charge in [-0.2, -0.15) is 0 Å². The molecule has 6 heteroatoms. The van der Waals surface area contributed by atoms with E-state index in [9.17, 15) is 8.42 Å². The zero-order valence-electron chi connectivity index (χ0n) is 12.1. The van der Waals surface area contributed by atoms with Crippen molar-refractivity contribution in [2.45, 2.75) is 32.9 Å². The van der Waals surface area contributed by atoms with Crippen LogP contribution in [0.15, 0.2) is 22.7 Å². The van der Waals surface area contributed by atoms with Crippen molar-refractivity contribution >= 4 is 25.8 Å². The van der Waals surface area contributed by atoms with Gasteiger partial charge in [0.15, 0.2) is 0 Å². The average molecular weight is 364 g/mol. The Bertz CT molecular complexity index is 529. The van der Waals surface area contributed by atoms with E-state index in [0.717, 1.165) is 22.3 Å². The number of halogens is 1. The summed E-state index contributed by atoms with van der Waals surface area (Å²) in [7, 11) is -2.92. The second-order valence-corrected chi connectivity index (χ2v) is 8.29. The highest BCUT2D eigenvalue weighted by atomic mass is 79.9. The molecule has 0 bridgehead atoms. The third kappa shape index (κ3) is 7.26. The van der Waals surface area contributed by atoms with Crippen LogP contribution in [-0.2, 0) is 16.4 Å². The summed E-state index contributed by atoms with van der Waals surface area (Å²) in [6, 6.07) is 6.24. The van der Waals surface area contributed by atoms with Gasteiger partial charge in [-0.25, -0.2) is 8.42 Å². The molecule has 0 spiro atoms. The Morgan fingerprint density at radius 1 is 1.35 bits per heavy atom. The van der Waals surface area contributed by atoms with E-state index in [1.54, 1.807) is 0 Å². The van der Waals surface area contributed by atoms with Crippen molar-refractivity contribution in [1.29, 1.82) is 0 Å². The predicted octanol–water partition coefficient (Wildman–Crippen LogP) is 2.76. The summed E-state index contributed by atoms with van der Waals surface area (Å²) >= 11 is 3.45. The topological polar surface area (TPSA) is 55.4 Å². The van der Waals surface area contributed by atoms with E-state index < -0.39 is 9.84 Å². The quantitative estimate of drug-likeness (QED) is 0.721. The second-order valence-electron chi connectivity index (χ2n) is 5.12. The molecule has 0 aliphatic heterocycles. The number of benzene rings is 1. The van der Waals surface area contributed by atoms with E-state index in [0.29, 0.717) is 19.1 Å². The molecule has 0 heterocycles. The lowest BCUT2D eigenvalue weighted by Gasteiger charge is -2.14. The average Bonchev–Trinajstić information content (AvgIpc) is 2.32. The Hall–Kier alpha value is -0.590. The number of nitrogens with one attached hydrogen (secondary N) is 1. The van der Waals surface area contributed by atoms with Gasteiger partial charge in [0.25, 0.3) is 0 Å². The standard InChI is InChI=1S/C14H22BrNO3S/c1-11(2)16-10-12-9-13(15)5-6-14(12)19-7-4-8-20(3,17)18/h5-6,9,11,16H,4,7-8,10H2,1-3H3. The highest BCUT2D eigenvalue weighted by Gasteiger charge is 2.07. The fourth-order valence-corrected chi connectivity index (χ4v) is 2.70. The van der Waals surface area contributed by atoms with E-state index in [2.05, 4.69) is 35.1 Å². The largest absolute Gasteiger partial charge is 0.493 e. The van der Waals surface area contributed by atoms with Crippen molar-refractivity contribution in [3.05, 3.63) is 28.2 Å². The van der Waals surface area contributed by atoms with Crippen molar-refractivity contribution in [3.63, 3.8) is 0 Å². The van der Waals surface area contributed by atoms with Crippen LogP contribution in [-0.4, -0.2) is 33.1 Å². The first-order chi connectivity index (χ1) is 9.28. The van der Waals surface area contributed by atoms with Gasteiger partial charge in [-0.3, -0.25) is 0 Å². The number of hydrogen-bond donors (Lipinski definition) is 1. The Morgan fingerprint density at radius 2 is 2.05 bits per heavy atom. The molecule has 0 aliphatic rings. The summed E-state index contributed by atoms with van der Waals surface area (Å²) in [4.78, 5) is 0. The van der Waals surface area contributed by atoms with Crippen molar-refractivity contribution in [1.82, 2.24) is 5.32 Å². The summed E-state index contributed by atoms with van der Waals surface area (Å²) in [5, 5.41) is 3.35. The maximum Gasteiger partial charge on any atom is 0.147 e. The highest BCUT2D eigenvalue weighted by molar-refractivity contribution is 9.10. The van der Waals surface area contributed by atoms with Crippen LogP contribution < -0.4 is 10.1 Å². The van der Waals surface area contributed by atoms with E-state index in [1.807, 2.05) is 18.2 Å². The van der Waals surface area contributed by atoms with Crippen LogP contribution in [0.3, 0.4) is 0 Å². The van der Waals surface area contributed by atoms with Crippen molar-refractivity contribution < 1.29 is 13.2 Å². The highest BCUT2D eigenvalue weighted by Crippen LogP contribution is 2.23. The van der Waals surface area contributed by atoms with Gasteiger partial charge >= 0.3 is 0 Å². The molecular formula is C14H22BrNO3S. The molecule has 0 amide bonds. The molecule has 1 aromatic carbocycles. The molecule has 114 valence electrons. The second kappa shape index (κ2) is 8.00. The maximum absolute atomic E-state index is 11.1. The molecule has 4 nitrogen and oxygen atoms in total. The molecule has 0 saturated heterocycles. The molecule has 0 atom stereocenters. The molecule has 0 aliphatic carbocycles. The first kappa shape index (κ1) is 17.5. The van der Waals surface area contributed by atoms with E-state index >= 15 is 0 Å². The third-order valence-corrected chi connectivity index (χ3v) is 4.16. The van der Waals surface area contributed by atoms with Gasteiger partial charge in [0, 0.05) is 28.9 Å². The maximum atomic E-state index is 11.1. The molecule has 0 aromatic heterocycles. The summed E-state index contributed by atoms with van der Waals surface area (Å²) in [6.07, 6.45) is 1.75. The molecular weight excluding hydrogens is 342 g/mol. The Labute approximate surface area is 130 Å². The summed E-state index contributed by atoms with van der Waals surface area (Å²) in [5.41, 5.74) is 1.06. The van der Waals surface area contributed by atoms with E-state index in [4.69, 9.17) is 4.74 Å². The third-order valence-electron chi connectivity index (χ3n) is 2.64. The van der Waals surface area contributed by atoms with Crippen LogP contribution in [0.4, 0.5) is 0 Å². The van der Waals surface area contributed by atoms with Gasteiger partial charge in [0.1, 0.15) is 15.6 Å². The fourth-order valence-electron chi connectivity index (χ4n) is 1.64. The normalized spacial score (nSPS) is 11.8. The zero-order chi connectivity index (χ0) is 15.2. The van der Waals surface area contributed by atoms with Crippen LogP contribution in [0, 0.1) is 0 Å². The zero-order valence-corrected chi connectivity index (χ0v) is 14.6. The lowest BCUT2D eigenvalue weighted by atomic mass is 10.2. The van der Waals surface area contributed by atoms with Crippen LogP contribution in [0.25, 0.3) is 0 Å². The Morgan fingerprint density at radius 3 is 2.65 bits per heavy atom. The minimum Gasteiger partial charge on any atom is -0.493 e. The monoisotopic (exact) mass is 363 g/mol. The fraction of sp³-hybridized carbons (Fsp3) is 0.571. The number of hydrogen-bond acceptors (Lipinski definition) is 4. The Balaban J connectivity index is 2.59. The first-order valence-corrected chi connectivity index (χ1v) is 9.45. The lowest BCUT2D eigenvalue weighted by molar-refractivity contribution is 0.313. The SMILES string of the molecule is CC(C)NCc1cc(Br)ccc1OCCCS(C)(=O)=O. The van der Waals surface area contributed by atoms with Crippen molar-refractivity contribution in [2.75, 3.05) is 18.6 Å². The number of sulfone groups is 1. The molecule has 1 N–H and O–H groups in total. The number of rotatable bonds is 8. The molecule has 0 saturated carbocycles. The molecule has 1 rings (SSSR count). The van der Waals surface area contributed by atoms with Crippen LogP contribution in [0.1, 0.15) is 25.8 Å². The summed E-state index contributed by atoms with van der Waals surface area (Å²) < 4.78 is 28.8. The minimum absolute atomic E-state index is 0.156. The van der Waals surface area contributed by atoms with Gasteiger partial charge in [-0.05, 0) is 24.6 Å². The van der Waals surface area contributed by atoms with Gasteiger partial charge in [0.05, 0.1) is 12.4 Å².